The summed E-state index contributed by atoms with van der Waals surface area (Å²) in [4.78, 5) is 43.9. The summed E-state index contributed by atoms with van der Waals surface area (Å²) in [5, 5.41) is 42.1. The van der Waals surface area contributed by atoms with Crippen LogP contribution >= 0.6 is 0 Å². The second-order valence-electron chi connectivity index (χ2n) is 6.48. The molecule has 1 aliphatic heterocycles. The van der Waals surface area contributed by atoms with Crippen LogP contribution in [0.25, 0.3) is 10.9 Å². The van der Waals surface area contributed by atoms with Crippen LogP contribution in [0.5, 0.6) is 5.75 Å². The number of nitrogens with zero attached hydrogens (tertiary/aromatic N) is 1. The number of carboxylic acids is 4. The summed E-state index contributed by atoms with van der Waals surface area (Å²) >= 11 is 0. The Morgan fingerprint density at radius 1 is 0.875 bits per heavy atom. The molecule has 0 amide bonds. The van der Waals surface area contributed by atoms with E-state index in [1.807, 2.05) is 18.3 Å². The Morgan fingerprint density at radius 3 is 1.78 bits per heavy atom. The van der Waals surface area contributed by atoms with Gasteiger partial charge in [-0.05, 0) is 43.6 Å². The molecule has 1 saturated heterocycles. The van der Waals surface area contributed by atoms with E-state index in [0.717, 1.165) is 23.9 Å². The molecule has 1 aliphatic rings. The van der Waals surface area contributed by atoms with Crippen LogP contribution < -0.4 is 0 Å². The Hall–Kier alpha value is -4.12. The van der Waals surface area contributed by atoms with Crippen LogP contribution in [0.3, 0.4) is 0 Å². The maximum Gasteiger partial charge on any atom is 0.328 e. The lowest BCUT2D eigenvalue weighted by molar-refractivity contribution is -0.134. The standard InChI is InChI=1S/C13H16N2O.2C4H4O4/c16-12-4-1-3-11-13(12)10(9-14-11)5-8-15-6-2-7-15;2*5-3(6)1-2-4(7)8/h1,3-4,9,14,16H,2,5-8H2;2*1-2H,(H,5,6)(H,7,8)/b;2*2-1+. The molecule has 6 N–H and O–H groups in total. The summed E-state index contributed by atoms with van der Waals surface area (Å²) < 4.78 is 0. The Kier molecular flexibility index (Phi) is 10.7. The van der Waals surface area contributed by atoms with E-state index in [4.69, 9.17) is 20.4 Å². The third-order valence-electron chi connectivity index (χ3n) is 4.15. The normalized spacial score (nSPS) is 13.0. The molecule has 2 heterocycles. The first-order chi connectivity index (χ1) is 15.1. The molecule has 0 radical (unpaired) electrons. The van der Waals surface area contributed by atoms with E-state index in [1.54, 1.807) is 6.07 Å². The molecule has 172 valence electrons. The Bertz CT molecular complexity index is 938. The molecule has 0 saturated carbocycles. The van der Waals surface area contributed by atoms with E-state index in [1.165, 1.54) is 25.1 Å². The predicted octanol–water partition coefficient (Wildman–Crippen LogP) is 1.55. The van der Waals surface area contributed by atoms with E-state index >= 15 is 0 Å². The number of carbonyl (C=O) groups is 4. The molecule has 3 rings (SSSR count). The van der Waals surface area contributed by atoms with E-state index in [9.17, 15) is 24.3 Å². The van der Waals surface area contributed by atoms with Gasteiger partial charge < -0.3 is 35.4 Å². The Balaban J connectivity index is 0.000000273. The highest BCUT2D eigenvalue weighted by Gasteiger charge is 2.14. The number of hydrogen-bond acceptors (Lipinski definition) is 6. The molecule has 11 nitrogen and oxygen atoms in total. The van der Waals surface area contributed by atoms with Crippen LogP contribution in [0.15, 0.2) is 48.7 Å². The molecule has 32 heavy (non-hydrogen) atoms. The molecular weight excluding hydrogens is 424 g/mol. The lowest BCUT2D eigenvalue weighted by Gasteiger charge is -2.30. The summed E-state index contributed by atoms with van der Waals surface area (Å²) in [6.07, 6.45) is 6.59. The van der Waals surface area contributed by atoms with Crippen molar-refractivity contribution < 1.29 is 44.7 Å². The molecule has 0 spiro atoms. The Labute approximate surface area is 182 Å². The lowest BCUT2D eigenvalue weighted by Crippen LogP contribution is -2.38. The number of rotatable bonds is 7. The number of aliphatic carboxylic acids is 4. The second-order valence-corrected chi connectivity index (χ2v) is 6.48. The minimum absolute atomic E-state index is 0.386. The smallest absolute Gasteiger partial charge is 0.328 e. The first-order valence-corrected chi connectivity index (χ1v) is 9.38. The number of phenolic OH excluding ortho intramolecular Hbond substituents is 1. The van der Waals surface area contributed by atoms with Crippen molar-refractivity contribution in [1.29, 1.82) is 0 Å². The summed E-state index contributed by atoms with van der Waals surface area (Å²) in [5.74, 6) is -4.64. The molecule has 0 aliphatic carbocycles. The van der Waals surface area contributed by atoms with Crippen molar-refractivity contribution in [2.45, 2.75) is 12.8 Å². The van der Waals surface area contributed by atoms with Gasteiger partial charge in [-0.3, -0.25) is 0 Å². The van der Waals surface area contributed by atoms with Gasteiger partial charge in [-0.2, -0.15) is 0 Å². The maximum atomic E-state index is 9.84. The number of H-pyrrole nitrogens is 1. The highest BCUT2D eigenvalue weighted by molar-refractivity contribution is 5.90. The van der Waals surface area contributed by atoms with Gasteiger partial charge in [-0.1, -0.05) is 6.07 Å². The summed E-state index contributed by atoms with van der Waals surface area (Å²) in [7, 11) is 0. The van der Waals surface area contributed by atoms with Gasteiger partial charge in [-0.15, -0.1) is 0 Å². The number of aromatic amines is 1. The predicted molar refractivity (Wildman–Crippen MR) is 114 cm³/mol. The molecule has 0 bridgehead atoms. The number of aromatic hydroxyl groups is 1. The van der Waals surface area contributed by atoms with E-state index in [0.29, 0.717) is 30.1 Å². The van der Waals surface area contributed by atoms with Crippen LogP contribution in [0.1, 0.15) is 12.0 Å². The highest BCUT2D eigenvalue weighted by atomic mass is 16.4. The first kappa shape index (κ1) is 25.9. The molecule has 1 aromatic heterocycles. The average Bonchev–Trinajstić information content (AvgIpc) is 3.09. The van der Waals surface area contributed by atoms with E-state index < -0.39 is 23.9 Å². The van der Waals surface area contributed by atoms with Crippen LogP contribution in [0, 0.1) is 0 Å². The first-order valence-electron chi connectivity index (χ1n) is 9.38. The van der Waals surface area contributed by atoms with Gasteiger partial charge in [0.25, 0.3) is 0 Å². The van der Waals surface area contributed by atoms with Crippen molar-refractivity contribution in [1.82, 2.24) is 9.88 Å². The number of nitrogens with one attached hydrogen (secondary N) is 1. The molecule has 11 heteroatoms. The van der Waals surface area contributed by atoms with Crippen molar-refractivity contribution in [3.8, 4) is 5.75 Å². The lowest BCUT2D eigenvalue weighted by atomic mass is 10.1. The number of phenols is 1. The van der Waals surface area contributed by atoms with Crippen LogP contribution in [0.4, 0.5) is 0 Å². The van der Waals surface area contributed by atoms with Gasteiger partial charge in [-0.25, -0.2) is 19.2 Å². The second kappa shape index (κ2) is 13.2. The fourth-order valence-corrected chi connectivity index (χ4v) is 2.60. The fraction of sp³-hybridized carbons (Fsp3) is 0.238. The summed E-state index contributed by atoms with van der Waals surface area (Å²) in [6.45, 7) is 3.56. The summed E-state index contributed by atoms with van der Waals surface area (Å²) in [6, 6.07) is 5.62. The van der Waals surface area contributed by atoms with Gasteiger partial charge in [0.1, 0.15) is 5.75 Å². The number of hydrogen-bond donors (Lipinski definition) is 6. The minimum atomic E-state index is -1.26. The zero-order valence-electron chi connectivity index (χ0n) is 17.0. The summed E-state index contributed by atoms with van der Waals surface area (Å²) in [5.41, 5.74) is 2.25. The van der Waals surface area contributed by atoms with Crippen LogP contribution in [-0.4, -0.2) is 78.9 Å². The zero-order valence-corrected chi connectivity index (χ0v) is 17.0. The zero-order chi connectivity index (χ0) is 24.1. The quantitative estimate of drug-likeness (QED) is 0.339. The van der Waals surface area contributed by atoms with Crippen LogP contribution in [0.2, 0.25) is 0 Å². The van der Waals surface area contributed by atoms with Crippen molar-refractivity contribution in [3.63, 3.8) is 0 Å². The van der Waals surface area contributed by atoms with Gasteiger partial charge in [0.15, 0.2) is 0 Å². The van der Waals surface area contributed by atoms with Gasteiger partial charge >= 0.3 is 23.9 Å². The van der Waals surface area contributed by atoms with Gasteiger partial charge in [0.2, 0.25) is 0 Å². The van der Waals surface area contributed by atoms with Crippen LogP contribution in [-0.2, 0) is 25.6 Å². The van der Waals surface area contributed by atoms with Crippen molar-refractivity contribution >= 4 is 34.8 Å². The third kappa shape index (κ3) is 10.1. The molecule has 1 fully saturated rings. The third-order valence-corrected chi connectivity index (χ3v) is 4.15. The molecular formula is C21H24N2O9. The monoisotopic (exact) mass is 448 g/mol. The largest absolute Gasteiger partial charge is 0.507 e. The van der Waals surface area contributed by atoms with Gasteiger partial charge in [0, 0.05) is 47.9 Å². The molecule has 2 aromatic rings. The fourth-order valence-electron chi connectivity index (χ4n) is 2.60. The number of carboxylic acid groups (broad SMARTS) is 4. The van der Waals surface area contributed by atoms with Crippen molar-refractivity contribution in [3.05, 3.63) is 54.3 Å². The maximum absolute atomic E-state index is 9.84. The van der Waals surface area contributed by atoms with E-state index in [-0.39, 0.29) is 0 Å². The minimum Gasteiger partial charge on any atom is -0.507 e. The number of benzene rings is 1. The number of likely N-dealkylation sites (tertiary alicyclic amines) is 1. The SMILES string of the molecule is O=C(O)/C=C/C(=O)O.O=C(O)/C=C/C(=O)O.Oc1cccc2[nH]cc(CCN3CCC3)c12. The number of aromatic nitrogens is 1. The van der Waals surface area contributed by atoms with E-state index in [2.05, 4.69) is 9.88 Å². The average molecular weight is 448 g/mol. The van der Waals surface area contributed by atoms with Crippen molar-refractivity contribution in [2.75, 3.05) is 19.6 Å². The Morgan fingerprint density at radius 2 is 1.38 bits per heavy atom. The van der Waals surface area contributed by atoms with Gasteiger partial charge in [0.05, 0.1) is 0 Å². The highest BCUT2D eigenvalue weighted by Crippen LogP contribution is 2.28. The molecule has 1 aromatic carbocycles. The topological polar surface area (TPSA) is 188 Å². The molecule has 0 atom stereocenters. The van der Waals surface area contributed by atoms with Crippen molar-refractivity contribution in [2.24, 2.45) is 0 Å². The number of fused-ring (bicyclic) bond motifs is 1. The molecule has 0 unspecified atom stereocenters.